The molecule has 5 rings (SSSR count). The standard InChI is InChI=1S/C26H27N5O2/c1-26(2,3)33-25(32)31-14-11-17(12-15-31)23-29-22-7-5-4-6-20(22)24(30-23)28-19-8-9-21-18(16-19)10-13-27-21/h4-11,13,16,27H,12,14-15H2,1-3H3,(H,28,29,30). The zero-order valence-corrected chi connectivity index (χ0v) is 19.1. The molecule has 7 nitrogen and oxygen atoms in total. The molecule has 0 fully saturated rings. The minimum Gasteiger partial charge on any atom is -0.444 e. The fourth-order valence-electron chi connectivity index (χ4n) is 3.95. The van der Waals surface area contributed by atoms with E-state index in [1.165, 1.54) is 0 Å². The van der Waals surface area contributed by atoms with Gasteiger partial charge in [0.05, 0.1) is 5.52 Å². The van der Waals surface area contributed by atoms with Gasteiger partial charge in [0.1, 0.15) is 11.4 Å². The number of fused-ring (bicyclic) bond motifs is 2. The van der Waals surface area contributed by atoms with E-state index in [1.54, 1.807) is 4.90 Å². The molecular weight excluding hydrogens is 414 g/mol. The Hall–Kier alpha value is -3.87. The summed E-state index contributed by atoms with van der Waals surface area (Å²) < 4.78 is 5.50. The monoisotopic (exact) mass is 441 g/mol. The van der Waals surface area contributed by atoms with Crippen LogP contribution in [-0.2, 0) is 4.74 Å². The molecule has 0 atom stereocenters. The van der Waals surface area contributed by atoms with Gasteiger partial charge in [0, 0.05) is 41.3 Å². The second kappa shape index (κ2) is 8.24. The van der Waals surface area contributed by atoms with Crippen LogP contribution in [0.25, 0.3) is 27.4 Å². The summed E-state index contributed by atoms with van der Waals surface area (Å²) in [6.45, 7) is 6.68. The van der Waals surface area contributed by atoms with Crippen molar-refractivity contribution in [3.05, 3.63) is 66.6 Å². The van der Waals surface area contributed by atoms with Crippen molar-refractivity contribution < 1.29 is 9.53 Å². The lowest BCUT2D eigenvalue weighted by Crippen LogP contribution is -2.39. The zero-order valence-electron chi connectivity index (χ0n) is 19.1. The quantitative estimate of drug-likeness (QED) is 0.415. The predicted molar refractivity (Wildman–Crippen MR) is 132 cm³/mol. The lowest BCUT2D eigenvalue weighted by Gasteiger charge is -2.29. The van der Waals surface area contributed by atoms with Gasteiger partial charge in [-0.25, -0.2) is 14.8 Å². The van der Waals surface area contributed by atoms with Gasteiger partial charge in [-0.1, -0.05) is 18.2 Å². The highest BCUT2D eigenvalue weighted by molar-refractivity contribution is 5.93. The minimum atomic E-state index is -0.507. The maximum Gasteiger partial charge on any atom is 0.410 e. The van der Waals surface area contributed by atoms with E-state index in [4.69, 9.17) is 14.7 Å². The first-order valence-corrected chi connectivity index (χ1v) is 11.1. The first-order chi connectivity index (χ1) is 15.9. The van der Waals surface area contributed by atoms with E-state index < -0.39 is 5.60 Å². The van der Waals surface area contributed by atoms with Crippen molar-refractivity contribution in [1.29, 1.82) is 0 Å². The van der Waals surface area contributed by atoms with Gasteiger partial charge >= 0.3 is 6.09 Å². The van der Waals surface area contributed by atoms with Gasteiger partial charge in [-0.2, -0.15) is 0 Å². The lowest BCUT2D eigenvalue weighted by molar-refractivity contribution is 0.0270. The Morgan fingerprint density at radius 2 is 1.97 bits per heavy atom. The Bertz CT molecular complexity index is 1370. The number of carbonyl (C=O) groups is 1. The summed E-state index contributed by atoms with van der Waals surface area (Å²) in [5, 5.41) is 5.58. The summed E-state index contributed by atoms with van der Waals surface area (Å²) in [6, 6.07) is 16.2. The minimum absolute atomic E-state index is 0.292. The van der Waals surface area contributed by atoms with Gasteiger partial charge in [0.15, 0.2) is 5.82 Å². The van der Waals surface area contributed by atoms with Crippen LogP contribution in [0.1, 0.15) is 33.0 Å². The smallest absolute Gasteiger partial charge is 0.410 e. The number of anilines is 2. The van der Waals surface area contributed by atoms with Gasteiger partial charge in [-0.15, -0.1) is 0 Å². The molecule has 0 spiro atoms. The van der Waals surface area contributed by atoms with Crippen molar-refractivity contribution in [3.8, 4) is 0 Å². The van der Waals surface area contributed by atoms with Crippen molar-refractivity contribution in [3.63, 3.8) is 0 Å². The lowest BCUT2D eigenvalue weighted by atomic mass is 10.1. The highest BCUT2D eigenvalue weighted by Gasteiger charge is 2.25. The Morgan fingerprint density at radius 1 is 1.12 bits per heavy atom. The summed E-state index contributed by atoms with van der Waals surface area (Å²) in [5.41, 5.74) is 3.46. The molecule has 168 valence electrons. The van der Waals surface area contributed by atoms with E-state index in [1.807, 2.05) is 69.4 Å². The molecule has 33 heavy (non-hydrogen) atoms. The molecule has 4 aromatic rings. The molecule has 1 aliphatic heterocycles. The van der Waals surface area contributed by atoms with Gasteiger partial charge in [0.2, 0.25) is 0 Å². The largest absolute Gasteiger partial charge is 0.444 e. The molecule has 1 aliphatic rings. The van der Waals surface area contributed by atoms with E-state index >= 15 is 0 Å². The number of aromatic amines is 1. The average Bonchev–Trinajstić information content (AvgIpc) is 3.26. The summed E-state index contributed by atoms with van der Waals surface area (Å²) in [4.78, 5) is 27.0. The van der Waals surface area contributed by atoms with Crippen molar-refractivity contribution >= 4 is 45.0 Å². The Kier molecular flexibility index (Phi) is 5.24. The number of hydrogen-bond acceptors (Lipinski definition) is 5. The number of nitrogens with one attached hydrogen (secondary N) is 2. The van der Waals surface area contributed by atoms with Crippen LogP contribution in [0.5, 0.6) is 0 Å². The summed E-state index contributed by atoms with van der Waals surface area (Å²) in [6.07, 6.45) is 4.34. The number of carbonyl (C=O) groups excluding carboxylic acids is 1. The van der Waals surface area contributed by atoms with Crippen LogP contribution in [0.3, 0.4) is 0 Å². The van der Waals surface area contributed by atoms with Gasteiger partial charge in [0.25, 0.3) is 0 Å². The number of nitrogens with zero attached hydrogens (tertiary/aromatic N) is 3. The molecule has 0 unspecified atom stereocenters. The first-order valence-electron chi connectivity index (χ1n) is 11.1. The molecule has 0 bridgehead atoms. The molecule has 0 radical (unpaired) electrons. The highest BCUT2D eigenvalue weighted by Crippen LogP contribution is 2.29. The van der Waals surface area contributed by atoms with Gasteiger partial charge in [-0.3, -0.25) is 0 Å². The molecule has 3 heterocycles. The van der Waals surface area contributed by atoms with Gasteiger partial charge in [-0.05, 0) is 69.2 Å². The van der Waals surface area contributed by atoms with Crippen LogP contribution >= 0.6 is 0 Å². The van der Waals surface area contributed by atoms with Crippen molar-refractivity contribution in [2.75, 3.05) is 18.4 Å². The fraction of sp³-hybridized carbons (Fsp3) is 0.269. The van der Waals surface area contributed by atoms with Crippen molar-refractivity contribution in [1.82, 2.24) is 19.9 Å². The second-order valence-corrected chi connectivity index (χ2v) is 9.22. The number of rotatable bonds is 3. The Balaban J connectivity index is 1.44. The molecular formula is C26H27N5O2. The molecule has 7 heteroatoms. The van der Waals surface area contributed by atoms with E-state index in [0.29, 0.717) is 25.3 Å². The van der Waals surface area contributed by atoms with E-state index in [9.17, 15) is 4.79 Å². The molecule has 0 saturated carbocycles. The first kappa shape index (κ1) is 21.0. The SMILES string of the molecule is CC(C)(C)OC(=O)N1CC=C(c2nc(Nc3ccc4[nH]ccc4c3)c3ccccc3n2)CC1. The second-order valence-electron chi connectivity index (χ2n) is 9.22. The Labute approximate surface area is 192 Å². The topological polar surface area (TPSA) is 83.1 Å². The van der Waals surface area contributed by atoms with Crippen LogP contribution < -0.4 is 5.32 Å². The van der Waals surface area contributed by atoms with Gasteiger partial charge < -0.3 is 19.9 Å². The summed E-state index contributed by atoms with van der Waals surface area (Å²) in [5.74, 6) is 1.45. The fourth-order valence-corrected chi connectivity index (χ4v) is 3.95. The van der Waals surface area contributed by atoms with E-state index in [2.05, 4.69) is 22.4 Å². The van der Waals surface area contributed by atoms with E-state index in [0.717, 1.165) is 38.9 Å². The highest BCUT2D eigenvalue weighted by atomic mass is 16.6. The molecule has 2 aromatic carbocycles. The predicted octanol–water partition coefficient (Wildman–Crippen LogP) is 5.88. The molecule has 0 aliphatic carbocycles. The summed E-state index contributed by atoms with van der Waals surface area (Å²) >= 11 is 0. The molecule has 2 aromatic heterocycles. The molecule has 2 N–H and O–H groups in total. The van der Waals surface area contributed by atoms with Crippen molar-refractivity contribution in [2.45, 2.75) is 32.8 Å². The van der Waals surface area contributed by atoms with E-state index in [-0.39, 0.29) is 6.09 Å². The number of para-hydroxylation sites is 1. The number of amides is 1. The number of aromatic nitrogens is 3. The van der Waals surface area contributed by atoms with Crippen molar-refractivity contribution in [2.24, 2.45) is 0 Å². The maximum absolute atomic E-state index is 12.4. The number of benzene rings is 2. The third kappa shape index (κ3) is 4.53. The van der Waals surface area contributed by atoms with Crippen LogP contribution in [0, 0.1) is 0 Å². The van der Waals surface area contributed by atoms with Crippen LogP contribution in [-0.4, -0.2) is 44.6 Å². The molecule has 0 saturated heterocycles. The number of H-pyrrole nitrogens is 1. The summed E-state index contributed by atoms with van der Waals surface area (Å²) in [7, 11) is 0. The third-order valence-corrected chi connectivity index (χ3v) is 5.57. The maximum atomic E-state index is 12.4. The molecule has 1 amide bonds. The van der Waals surface area contributed by atoms with Crippen LogP contribution in [0.4, 0.5) is 16.3 Å². The normalized spacial score (nSPS) is 14.4. The van der Waals surface area contributed by atoms with Crippen LogP contribution in [0.15, 0.2) is 60.8 Å². The Morgan fingerprint density at radius 3 is 2.76 bits per heavy atom. The number of ether oxygens (including phenoxy) is 1. The zero-order chi connectivity index (χ0) is 23.0. The third-order valence-electron chi connectivity index (χ3n) is 5.57. The average molecular weight is 442 g/mol. The number of hydrogen-bond donors (Lipinski definition) is 2. The van der Waals surface area contributed by atoms with Crippen LogP contribution in [0.2, 0.25) is 0 Å².